The van der Waals surface area contributed by atoms with Crippen LogP contribution in [0.3, 0.4) is 0 Å². The zero-order chi connectivity index (χ0) is 16.2. The Morgan fingerprint density at radius 2 is 2.39 bits per heavy atom. The van der Waals surface area contributed by atoms with E-state index < -0.39 is 10.8 Å². The molecule has 1 aliphatic heterocycles. The molecule has 3 atom stereocenters. The van der Waals surface area contributed by atoms with Gasteiger partial charge in [-0.3, -0.25) is 9.59 Å². The highest BCUT2D eigenvalue weighted by atomic mass is 16.5. The lowest BCUT2D eigenvalue weighted by Crippen LogP contribution is -2.49. The van der Waals surface area contributed by atoms with Gasteiger partial charge in [-0.05, 0) is 38.2 Å². The quantitative estimate of drug-likeness (QED) is 0.594. The first-order chi connectivity index (χ1) is 11.1. The van der Waals surface area contributed by atoms with Gasteiger partial charge in [-0.2, -0.15) is 0 Å². The number of hydrogen-bond donors (Lipinski definition) is 0. The van der Waals surface area contributed by atoms with Crippen LogP contribution in [-0.4, -0.2) is 25.0 Å². The highest BCUT2D eigenvalue weighted by Crippen LogP contribution is 2.65. The van der Waals surface area contributed by atoms with E-state index >= 15 is 0 Å². The first-order valence-electron chi connectivity index (χ1n) is 8.14. The fourth-order valence-corrected chi connectivity index (χ4v) is 4.96. The highest BCUT2D eigenvalue weighted by molar-refractivity contribution is 6.08. The van der Waals surface area contributed by atoms with Crippen LogP contribution in [-0.2, 0) is 19.1 Å². The topological polar surface area (TPSA) is 52.6 Å². The molecule has 0 saturated heterocycles. The summed E-state index contributed by atoms with van der Waals surface area (Å²) in [7, 11) is 1.40. The molecule has 1 saturated carbocycles. The monoisotopic (exact) mass is 312 g/mol. The van der Waals surface area contributed by atoms with E-state index in [4.69, 9.17) is 9.47 Å². The molecule has 0 amide bonds. The molecule has 0 unspecified atom stereocenters. The normalized spacial score (nSPS) is 37.0. The van der Waals surface area contributed by atoms with Crippen LogP contribution in [0, 0.1) is 10.8 Å². The van der Waals surface area contributed by atoms with Crippen molar-refractivity contribution in [1.82, 2.24) is 0 Å². The molecule has 1 heterocycles. The Kier molecular flexibility index (Phi) is 2.96. The molecule has 0 N–H and O–H groups in total. The second-order valence-electron chi connectivity index (χ2n) is 6.76. The second-order valence-corrected chi connectivity index (χ2v) is 6.76. The average Bonchev–Trinajstić information content (AvgIpc) is 2.91. The summed E-state index contributed by atoms with van der Waals surface area (Å²) in [5, 5.41) is 0. The molecule has 0 aromatic heterocycles. The molecule has 0 radical (unpaired) electrons. The van der Waals surface area contributed by atoms with E-state index in [9.17, 15) is 9.59 Å². The summed E-state index contributed by atoms with van der Waals surface area (Å²) in [6.45, 7) is 3.91. The maximum absolute atomic E-state index is 12.7. The maximum Gasteiger partial charge on any atom is 0.320 e. The summed E-state index contributed by atoms with van der Waals surface area (Å²) in [4.78, 5) is 25.1. The predicted molar refractivity (Wildman–Crippen MR) is 84.3 cm³/mol. The lowest BCUT2D eigenvalue weighted by atomic mass is 9.52. The van der Waals surface area contributed by atoms with Crippen molar-refractivity contribution in [1.29, 1.82) is 0 Å². The SMILES string of the molecule is C=CC[C@]12C3=CC[C@@]4(C(=O)OC)C=CC(=O)C(=C41)O[C@H]2CCC3. The van der Waals surface area contributed by atoms with Crippen molar-refractivity contribution in [2.45, 2.75) is 38.2 Å². The Balaban J connectivity index is 2.02. The molecule has 4 nitrogen and oxygen atoms in total. The van der Waals surface area contributed by atoms with Crippen LogP contribution < -0.4 is 0 Å². The Morgan fingerprint density at radius 1 is 1.57 bits per heavy atom. The summed E-state index contributed by atoms with van der Waals surface area (Å²) in [6, 6.07) is 0. The Hall–Kier alpha value is -2.10. The Labute approximate surface area is 135 Å². The predicted octanol–water partition coefficient (Wildman–Crippen LogP) is 3.01. The molecule has 0 aromatic rings. The molecule has 120 valence electrons. The van der Waals surface area contributed by atoms with Crippen LogP contribution >= 0.6 is 0 Å². The van der Waals surface area contributed by atoms with Crippen molar-refractivity contribution in [3.8, 4) is 0 Å². The summed E-state index contributed by atoms with van der Waals surface area (Å²) in [5.41, 5.74) is 0.812. The van der Waals surface area contributed by atoms with Gasteiger partial charge in [0.1, 0.15) is 11.5 Å². The fraction of sp³-hybridized carbons (Fsp3) is 0.474. The first-order valence-corrected chi connectivity index (χ1v) is 8.14. The standard InChI is InChI=1S/C19H20O4/c1-3-9-19-12-5-4-6-14(19)23-15-13(20)8-11-18(10-7-12,16(15)19)17(21)22-2/h3,7-8,11,14H,1,4-6,9-10H2,2H3/t14-,18+,19+/m0/s1. The minimum absolute atomic E-state index is 0.0846. The van der Waals surface area contributed by atoms with Crippen molar-refractivity contribution in [2.24, 2.45) is 10.8 Å². The number of methoxy groups -OCH3 is 1. The molecular formula is C19H20O4. The number of ketones is 1. The lowest BCUT2D eigenvalue weighted by molar-refractivity contribution is -0.148. The van der Waals surface area contributed by atoms with E-state index in [0.29, 0.717) is 18.6 Å². The molecule has 0 aromatic carbocycles. The Bertz CT molecular complexity index is 711. The van der Waals surface area contributed by atoms with Gasteiger partial charge in [0.2, 0.25) is 5.78 Å². The van der Waals surface area contributed by atoms with E-state index in [2.05, 4.69) is 12.7 Å². The smallest absolute Gasteiger partial charge is 0.320 e. The molecule has 0 bridgehead atoms. The van der Waals surface area contributed by atoms with Crippen LogP contribution in [0.25, 0.3) is 0 Å². The number of allylic oxidation sites excluding steroid dienone is 3. The van der Waals surface area contributed by atoms with E-state index in [-0.39, 0.29) is 17.9 Å². The number of rotatable bonds is 3. The van der Waals surface area contributed by atoms with Crippen molar-refractivity contribution >= 4 is 11.8 Å². The fourth-order valence-electron chi connectivity index (χ4n) is 4.96. The largest absolute Gasteiger partial charge is 0.485 e. The molecule has 23 heavy (non-hydrogen) atoms. The van der Waals surface area contributed by atoms with E-state index in [1.807, 2.05) is 6.08 Å². The summed E-state index contributed by atoms with van der Waals surface area (Å²) >= 11 is 0. The molecule has 4 aliphatic rings. The second kappa shape index (κ2) is 4.70. The van der Waals surface area contributed by atoms with E-state index in [1.165, 1.54) is 18.8 Å². The summed E-state index contributed by atoms with van der Waals surface area (Å²) in [5.74, 6) is -0.0850. The molecule has 4 rings (SSSR count). The van der Waals surface area contributed by atoms with Gasteiger partial charge in [-0.25, -0.2) is 0 Å². The average molecular weight is 312 g/mol. The van der Waals surface area contributed by atoms with Crippen molar-refractivity contribution < 1.29 is 19.1 Å². The third-order valence-electron chi connectivity index (χ3n) is 5.84. The zero-order valence-electron chi connectivity index (χ0n) is 13.3. The van der Waals surface area contributed by atoms with Gasteiger partial charge in [0.15, 0.2) is 5.76 Å². The molecule has 1 fully saturated rings. The minimum atomic E-state index is -0.906. The van der Waals surface area contributed by atoms with Gasteiger partial charge in [-0.15, -0.1) is 6.58 Å². The Morgan fingerprint density at radius 3 is 3.13 bits per heavy atom. The van der Waals surface area contributed by atoms with Crippen molar-refractivity contribution in [3.05, 3.63) is 47.8 Å². The summed E-state index contributed by atoms with van der Waals surface area (Å²) in [6.07, 6.45) is 11.3. The van der Waals surface area contributed by atoms with Gasteiger partial charge in [-0.1, -0.05) is 23.8 Å². The van der Waals surface area contributed by atoms with E-state index in [0.717, 1.165) is 24.8 Å². The number of carbonyl (C=O) groups is 2. The maximum atomic E-state index is 12.7. The van der Waals surface area contributed by atoms with Crippen LogP contribution in [0.15, 0.2) is 47.8 Å². The molecule has 0 spiro atoms. The van der Waals surface area contributed by atoms with Gasteiger partial charge in [0, 0.05) is 5.57 Å². The third-order valence-corrected chi connectivity index (χ3v) is 5.84. The number of hydrogen-bond acceptors (Lipinski definition) is 4. The van der Waals surface area contributed by atoms with Gasteiger partial charge in [0.25, 0.3) is 0 Å². The molecule has 3 aliphatic carbocycles. The minimum Gasteiger partial charge on any atom is -0.485 e. The molecule has 4 heteroatoms. The lowest BCUT2D eigenvalue weighted by Gasteiger charge is -2.49. The third kappa shape index (κ3) is 1.56. The van der Waals surface area contributed by atoms with Crippen LogP contribution in [0.4, 0.5) is 0 Å². The number of esters is 1. The van der Waals surface area contributed by atoms with E-state index in [1.54, 1.807) is 6.08 Å². The van der Waals surface area contributed by atoms with Gasteiger partial charge < -0.3 is 9.47 Å². The highest BCUT2D eigenvalue weighted by Gasteiger charge is 2.64. The summed E-state index contributed by atoms with van der Waals surface area (Å²) < 4.78 is 11.2. The number of ether oxygens (including phenoxy) is 2. The molecular weight excluding hydrogens is 292 g/mol. The van der Waals surface area contributed by atoms with Crippen LogP contribution in [0.1, 0.15) is 32.1 Å². The zero-order valence-corrected chi connectivity index (χ0v) is 13.3. The first kappa shape index (κ1) is 14.5. The van der Waals surface area contributed by atoms with Gasteiger partial charge >= 0.3 is 5.97 Å². The van der Waals surface area contributed by atoms with Crippen LogP contribution in [0.2, 0.25) is 0 Å². The van der Waals surface area contributed by atoms with Crippen molar-refractivity contribution in [2.75, 3.05) is 7.11 Å². The van der Waals surface area contributed by atoms with Crippen molar-refractivity contribution in [3.63, 3.8) is 0 Å². The van der Waals surface area contributed by atoms with Gasteiger partial charge in [0.05, 0.1) is 12.5 Å². The van der Waals surface area contributed by atoms with Crippen LogP contribution in [0.5, 0.6) is 0 Å². The number of carbonyl (C=O) groups excluding carboxylic acids is 2.